The number of pyridine rings is 1. The second-order valence-electron chi connectivity index (χ2n) is 8.82. The fourth-order valence-electron chi connectivity index (χ4n) is 4.44. The van der Waals surface area contributed by atoms with Crippen molar-refractivity contribution in [2.75, 3.05) is 24.5 Å². The molecule has 0 radical (unpaired) electrons. The number of aromatic amines is 1. The van der Waals surface area contributed by atoms with Gasteiger partial charge >= 0.3 is 0 Å². The standard InChI is InChI=1S/C28H28N4O3/c1-20-6-5-9-26(30-20)35-24-13-16-31(17-14-24)27(33)19-32(23-7-3-2-4-8-23)28(34)22-11-10-21-12-15-29-25(21)18-22/h2-12,15,18,24,29H,13-14,16-17,19H2,1H3. The molecule has 1 N–H and O–H groups in total. The summed E-state index contributed by atoms with van der Waals surface area (Å²) in [4.78, 5) is 37.7. The number of anilines is 1. The van der Waals surface area contributed by atoms with Gasteiger partial charge in [0.15, 0.2) is 0 Å². The summed E-state index contributed by atoms with van der Waals surface area (Å²) in [5.74, 6) is 0.342. The van der Waals surface area contributed by atoms with E-state index in [4.69, 9.17) is 4.74 Å². The molecule has 5 rings (SSSR count). The second kappa shape index (κ2) is 10.0. The Bertz CT molecular complexity index is 1330. The lowest BCUT2D eigenvalue weighted by Crippen LogP contribution is -2.47. The zero-order chi connectivity index (χ0) is 24.2. The van der Waals surface area contributed by atoms with E-state index in [-0.39, 0.29) is 24.5 Å². The first-order chi connectivity index (χ1) is 17.1. The van der Waals surface area contributed by atoms with Gasteiger partial charge in [0.1, 0.15) is 12.6 Å². The van der Waals surface area contributed by atoms with E-state index < -0.39 is 0 Å². The number of fused-ring (bicyclic) bond motifs is 1. The molecule has 1 aliphatic heterocycles. The van der Waals surface area contributed by atoms with Gasteiger partial charge in [0.05, 0.1) is 0 Å². The number of H-pyrrole nitrogens is 1. The maximum absolute atomic E-state index is 13.5. The minimum Gasteiger partial charge on any atom is -0.474 e. The van der Waals surface area contributed by atoms with Crippen LogP contribution in [0.1, 0.15) is 28.9 Å². The molecule has 0 bridgehead atoms. The van der Waals surface area contributed by atoms with E-state index in [0.29, 0.717) is 30.2 Å². The molecule has 35 heavy (non-hydrogen) atoms. The molecule has 0 aliphatic carbocycles. The van der Waals surface area contributed by atoms with E-state index in [0.717, 1.165) is 29.4 Å². The van der Waals surface area contributed by atoms with Gasteiger partial charge in [0.25, 0.3) is 5.91 Å². The molecule has 0 spiro atoms. The molecule has 1 fully saturated rings. The van der Waals surface area contributed by atoms with Gasteiger partial charge in [0, 0.05) is 60.7 Å². The van der Waals surface area contributed by atoms with Crippen molar-refractivity contribution >= 4 is 28.4 Å². The highest BCUT2D eigenvalue weighted by Crippen LogP contribution is 2.22. The Balaban J connectivity index is 1.27. The number of para-hydroxylation sites is 1. The van der Waals surface area contributed by atoms with Crippen LogP contribution in [-0.2, 0) is 4.79 Å². The summed E-state index contributed by atoms with van der Waals surface area (Å²) in [7, 11) is 0. The third-order valence-electron chi connectivity index (χ3n) is 6.35. The van der Waals surface area contributed by atoms with Crippen molar-refractivity contribution in [2.24, 2.45) is 0 Å². The quantitative estimate of drug-likeness (QED) is 0.449. The fraction of sp³-hybridized carbons (Fsp3) is 0.250. The van der Waals surface area contributed by atoms with Crippen molar-refractivity contribution in [1.82, 2.24) is 14.9 Å². The molecule has 7 nitrogen and oxygen atoms in total. The average molecular weight is 469 g/mol. The minimum atomic E-state index is -0.204. The Morgan fingerprint density at radius 3 is 2.60 bits per heavy atom. The number of carbonyl (C=O) groups is 2. The van der Waals surface area contributed by atoms with Crippen molar-refractivity contribution in [1.29, 1.82) is 0 Å². The number of aromatic nitrogens is 2. The molecule has 0 atom stereocenters. The van der Waals surface area contributed by atoms with Gasteiger partial charge in [-0.3, -0.25) is 14.5 Å². The number of piperidine rings is 1. The topological polar surface area (TPSA) is 78.5 Å². The lowest BCUT2D eigenvalue weighted by Gasteiger charge is -2.33. The normalized spacial score (nSPS) is 14.1. The number of nitrogens with zero attached hydrogens (tertiary/aromatic N) is 3. The van der Waals surface area contributed by atoms with Crippen LogP contribution in [0.4, 0.5) is 5.69 Å². The largest absolute Gasteiger partial charge is 0.474 e. The summed E-state index contributed by atoms with van der Waals surface area (Å²) in [5.41, 5.74) is 3.03. The maximum Gasteiger partial charge on any atom is 0.258 e. The molecule has 2 aromatic heterocycles. The molecule has 2 amide bonds. The predicted octanol–water partition coefficient (Wildman–Crippen LogP) is 4.59. The summed E-state index contributed by atoms with van der Waals surface area (Å²) in [6.07, 6.45) is 3.32. The molecule has 4 aromatic rings. The van der Waals surface area contributed by atoms with Crippen molar-refractivity contribution in [2.45, 2.75) is 25.9 Å². The molecule has 7 heteroatoms. The van der Waals surface area contributed by atoms with Crippen LogP contribution < -0.4 is 9.64 Å². The van der Waals surface area contributed by atoms with E-state index in [1.807, 2.05) is 84.8 Å². The Hall–Kier alpha value is -4.13. The van der Waals surface area contributed by atoms with Gasteiger partial charge in [-0.15, -0.1) is 0 Å². The number of likely N-dealkylation sites (tertiary alicyclic amines) is 1. The van der Waals surface area contributed by atoms with Crippen molar-refractivity contribution in [3.05, 3.63) is 90.3 Å². The molecule has 3 heterocycles. The third-order valence-corrected chi connectivity index (χ3v) is 6.35. The van der Waals surface area contributed by atoms with Crippen molar-refractivity contribution < 1.29 is 14.3 Å². The Morgan fingerprint density at radius 1 is 1.03 bits per heavy atom. The number of ether oxygens (including phenoxy) is 1. The zero-order valence-corrected chi connectivity index (χ0v) is 19.7. The summed E-state index contributed by atoms with van der Waals surface area (Å²) < 4.78 is 6.02. The highest BCUT2D eigenvalue weighted by Gasteiger charge is 2.28. The zero-order valence-electron chi connectivity index (χ0n) is 19.7. The number of aryl methyl sites for hydroxylation is 1. The predicted molar refractivity (Wildman–Crippen MR) is 136 cm³/mol. The summed E-state index contributed by atoms with van der Waals surface area (Å²) in [5, 5.41) is 1.04. The van der Waals surface area contributed by atoms with Crippen molar-refractivity contribution in [3.8, 4) is 5.88 Å². The first kappa shape index (κ1) is 22.7. The van der Waals surface area contributed by atoms with E-state index in [2.05, 4.69) is 9.97 Å². The van der Waals surface area contributed by atoms with Gasteiger partial charge in [0.2, 0.25) is 11.8 Å². The van der Waals surface area contributed by atoms with Crippen LogP contribution in [-0.4, -0.2) is 52.4 Å². The van der Waals surface area contributed by atoms with E-state index in [1.54, 1.807) is 11.0 Å². The van der Waals surface area contributed by atoms with Crippen molar-refractivity contribution in [3.63, 3.8) is 0 Å². The fourth-order valence-corrected chi connectivity index (χ4v) is 4.44. The number of carbonyl (C=O) groups excluding carboxylic acids is 2. The number of benzene rings is 2. The first-order valence-corrected chi connectivity index (χ1v) is 11.9. The first-order valence-electron chi connectivity index (χ1n) is 11.9. The molecular weight excluding hydrogens is 440 g/mol. The maximum atomic E-state index is 13.5. The molecular formula is C28H28N4O3. The van der Waals surface area contributed by atoms with Crippen LogP contribution in [0.3, 0.4) is 0 Å². The molecule has 178 valence electrons. The van der Waals surface area contributed by atoms with Crippen LogP contribution >= 0.6 is 0 Å². The Morgan fingerprint density at radius 2 is 1.83 bits per heavy atom. The molecule has 1 saturated heterocycles. The van der Waals surface area contributed by atoms with E-state index in [9.17, 15) is 9.59 Å². The van der Waals surface area contributed by atoms with Gasteiger partial charge < -0.3 is 14.6 Å². The molecule has 1 aliphatic rings. The second-order valence-corrected chi connectivity index (χ2v) is 8.82. The van der Waals surface area contributed by atoms with Gasteiger partial charge in [-0.1, -0.05) is 30.3 Å². The minimum absolute atomic E-state index is 0.0173. The lowest BCUT2D eigenvalue weighted by molar-refractivity contribution is -0.131. The van der Waals surface area contributed by atoms with Crippen LogP contribution in [0.15, 0.2) is 79.0 Å². The third kappa shape index (κ3) is 5.19. The van der Waals surface area contributed by atoms with Gasteiger partial charge in [-0.2, -0.15) is 0 Å². The van der Waals surface area contributed by atoms with E-state index in [1.165, 1.54) is 0 Å². The van der Waals surface area contributed by atoms with Crippen LogP contribution in [0, 0.1) is 6.92 Å². The smallest absolute Gasteiger partial charge is 0.258 e. The average Bonchev–Trinajstić information content (AvgIpc) is 3.36. The molecule has 2 aromatic carbocycles. The summed E-state index contributed by atoms with van der Waals surface area (Å²) in [6, 6.07) is 22.6. The van der Waals surface area contributed by atoms with Gasteiger partial charge in [-0.25, -0.2) is 4.98 Å². The monoisotopic (exact) mass is 468 g/mol. The Kier molecular flexibility index (Phi) is 6.48. The number of hydrogen-bond acceptors (Lipinski definition) is 4. The lowest BCUT2D eigenvalue weighted by atomic mass is 10.1. The number of amides is 2. The number of hydrogen-bond donors (Lipinski definition) is 1. The molecule has 0 saturated carbocycles. The summed E-state index contributed by atoms with van der Waals surface area (Å²) >= 11 is 0. The van der Waals surface area contributed by atoms with Crippen LogP contribution in [0.25, 0.3) is 10.9 Å². The highest BCUT2D eigenvalue weighted by molar-refractivity contribution is 6.10. The number of rotatable bonds is 6. The van der Waals surface area contributed by atoms with Gasteiger partial charge in [-0.05, 0) is 48.7 Å². The Labute approximate surface area is 204 Å². The van der Waals surface area contributed by atoms with E-state index >= 15 is 0 Å². The number of nitrogens with one attached hydrogen (secondary N) is 1. The summed E-state index contributed by atoms with van der Waals surface area (Å²) in [6.45, 7) is 3.09. The van der Waals surface area contributed by atoms with Crippen LogP contribution in [0.2, 0.25) is 0 Å². The SMILES string of the molecule is Cc1cccc(OC2CCN(C(=O)CN(C(=O)c3ccc4cc[nH]c4c3)c3ccccc3)CC2)n1. The van der Waals surface area contributed by atoms with Crippen LogP contribution in [0.5, 0.6) is 5.88 Å². The molecule has 0 unspecified atom stereocenters. The highest BCUT2D eigenvalue weighted by atomic mass is 16.5.